The largest absolute Gasteiger partial charge is 0.497 e. The van der Waals surface area contributed by atoms with Crippen molar-refractivity contribution < 1.29 is 22.6 Å². The van der Waals surface area contributed by atoms with Crippen molar-refractivity contribution in [2.24, 2.45) is 5.73 Å². The fourth-order valence-corrected chi connectivity index (χ4v) is 1.76. The number of rotatable bonds is 4. The lowest BCUT2D eigenvalue weighted by Gasteiger charge is -2.12. The van der Waals surface area contributed by atoms with Crippen LogP contribution < -0.4 is 15.2 Å². The quantitative estimate of drug-likeness (QED) is 0.929. The molecule has 0 saturated heterocycles. The molecule has 2 aromatic rings. The Hall–Kier alpha value is -2.21. The van der Waals surface area contributed by atoms with E-state index >= 15 is 0 Å². The van der Waals surface area contributed by atoms with Gasteiger partial charge in [-0.05, 0) is 30.3 Å². The van der Waals surface area contributed by atoms with Crippen LogP contribution in [0.1, 0.15) is 11.1 Å². The first-order valence-electron chi connectivity index (χ1n) is 6.16. The van der Waals surface area contributed by atoms with E-state index in [0.29, 0.717) is 17.2 Å². The molecule has 0 heterocycles. The second-order valence-corrected chi connectivity index (χ2v) is 4.30. The van der Waals surface area contributed by atoms with Crippen molar-refractivity contribution in [2.75, 3.05) is 7.11 Å². The number of alkyl halides is 3. The summed E-state index contributed by atoms with van der Waals surface area (Å²) < 4.78 is 48.1. The molecule has 0 aliphatic rings. The van der Waals surface area contributed by atoms with E-state index in [1.165, 1.54) is 19.2 Å². The molecule has 2 aromatic carbocycles. The molecule has 0 saturated carbocycles. The normalized spacial score (nSPS) is 11.3. The molecule has 2 N–H and O–H groups in total. The molecule has 0 amide bonds. The molecule has 0 atom stereocenters. The molecule has 0 aliphatic heterocycles. The highest BCUT2D eigenvalue weighted by atomic mass is 19.4. The van der Waals surface area contributed by atoms with Gasteiger partial charge in [0.2, 0.25) is 0 Å². The standard InChI is InChI=1S/C15H14F3NO2/c1-20-13-5-2-10(9-19)14(8-13)21-12-6-3-11(4-7-12)15(16,17)18/h2-8H,9,19H2,1H3. The van der Waals surface area contributed by atoms with Crippen LogP contribution in [0, 0.1) is 0 Å². The number of benzene rings is 2. The van der Waals surface area contributed by atoms with E-state index in [-0.39, 0.29) is 6.54 Å². The maximum absolute atomic E-state index is 12.5. The van der Waals surface area contributed by atoms with Gasteiger partial charge in [-0.1, -0.05) is 6.07 Å². The summed E-state index contributed by atoms with van der Waals surface area (Å²) in [6.07, 6.45) is -4.36. The molecule has 112 valence electrons. The molecule has 0 fully saturated rings. The van der Waals surface area contributed by atoms with E-state index in [1.54, 1.807) is 18.2 Å². The van der Waals surface area contributed by atoms with Crippen LogP contribution >= 0.6 is 0 Å². The summed E-state index contributed by atoms with van der Waals surface area (Å²) in [5.41, 5.74) is 5.62. The van der Waals surface area contributed by atoms with E-state index in [1.807, 2.05) is 0 Å². The van der Waals surface area contributed by atoms with Gasteiger partial charge in [-0.25, -0.2) is 0 Å². The van der Waals surface area contributed by atoms with Crippen molar-refractivity contribution in [3.05, 3.63) is 53.6 Å². The van der Waals surface area contributed by atoms with E-state index in [2.05, 4.69) is 0 Å². The Bertz CT molecular complexity index is 609. The van der Waals surface area contributed by atoms with Gasteiger partial charge < -0.3 is 15.2 Å². The van der Waals surface area contributed by atoms with Gasteiger partial charge in [-0.15, -0.1) is 0 Å². The third kappa shape index (κ3) is 3.66. The molecule has 0 unspecified atom stereocenters. The number of hydrogen-bond donors (Lipinski definition) is 1. The summed E-state index contributed by atoms with van der Waals surface area (Å²) in [6, 6.07) is 9.60. The fraction of sp³-hybridized carbons (Fsp3) is 0.200. The van der Waals surface area contributed by atoms with Gasteiger partial charge in [-0.2, -0.15) is 13.2 Å². The highest BCUT2D eigenvalue weighted by molar-refractivity contribution is 5.43. The molecular weight excluding hydrogens is 283 g/mol. The molecule has 0 bridgehead atoms. The Morgan fingerprint density at radius 2 is 1.62 bits per heavy atom. The van der Waals surface area contributed by atoms with Crippen LogP contribution in [0.25, 0.3) is 0 Å². The SMILES string of the molecule is COc1ccc(CN)c(Oc2ccc(C(F)(F)F)cc2)c1. The molecule has 0 aromatic heterocycles. The average Bonchev–Trinajstić information content (AvgIpc) is 2.46. The lowest BCUT2D eigenvalue weighted by molar-refractivity contribution is -0.137. The molecule has 3 nitrogen and oxygen atoms in total. The van der Waals surface area contributed by atoms with Crippen molar-refractivity contribution >= 4 is 0 Å². The van der Waals surface area contributed by atoms with Crippen molar-refractivity contribution in [1.82, 2.24) is 0 Å². The molecule has 6 heteroatoms. The Labute approximate surface area is 120 Å². The molecular formula is C15H14F3NO2. The van der Waals surface area contributed by atoms with Crippen LogP contribution in [0.2, 0.25) is 0 Å². The minimum absolute atomic E-state index is 0.250. The van der Waals surface area contributed by atoms with Gasteiger partial charge in [0.1, 0.15) is 17.2 Å². The molecule has 0 aliphatic carbocycles. The van der Waals surface area contributed by atoms with Crippen molar-refractivity contribution in [1.29, 1.82) is 0 Å². The van der Waals surface area contributed by atoms with Gasteiger partial charge in [0, 0.05) is 18.2 Å². The number of ether oxygens (including phenoxy) is 2. The first-order chi connectivity index (χ1) is 9.94. The number of hydrogen-bond acceptors (Lipinski definition) is 3. The summed E-state index contributed by atoms with van der Waals surface area (Å²) >= 11 is 0. The minimum Gasteiger partial charge on any atom is -0.497 e. The van der Waals surface area contributed by atoms with Crippen LogP contribution in [-0.4, -0.2) is 7.11 Å². The molecule has 21 heavy (non-hydrogen) atoms. The summed E-state index contributed by atoms with van der Waals surface area (Å²) in [6.45, 7) is 0.250. The lowest BCUT2D eigenvalue weighted by Crippen LogP contribution is -2.04. The fourth-order valence-electron chi connectivity index (χ4n) is 1.76. The van der Waals surface area contributed by atoms with Crippen molar-refractivity contribution in [2.45, 2.75) is 12.7 Å². The first-order valence-corrected chi connectivity index (χ1v) is 6.16. The first kappa shape index (κ1) is 15.2. The second kappa shape index (κ2) is 6.05. The Morgan fingerprint density at radius 3 is 2.14 bits per heavy atom. The number of halogens is 3. The third-order valence-corrected chi connectivity index (χ3v) is 2.90. The van der Waals surface area contributed by atoms with Crippen LogP contribution in [0.4, 0.5) is 13.2 Å². The highest BCUT2D eigenvalue weighted by Crippen LogP contribution is 2.33. The number of methoxy groups -OCH3 is 1. The summed E-state index contributed by atoms with van der Waals surface area (Å²) in [5.74, 6) is 1.33. The molecule has 2 rings (SSSR count). The zero-order valence-corrected chi connectivity index (χ0v) is 11.3. The van der Waals surface area contributed by atoms with Gasteiger partial charge >= 0.3 is 6.18 Å². The van der Waals surface area contributed by atoms with E-state index in [0.717, 1.165) is 17.7 Å². The van der Waals surface area contributed by atoms with Gasteiger partial charge in [0.25, 0.3) is 0 Å². The van der Waals surface area contributed by atoms with Crippen LogP contribution in [0.5, 0.6) is 17.2 Å². The van der Waals surface area contributed by atoms with E-state index in [4.69, 9.17) is 15.2 Å². The van der Waals surface area contributed by atoms with Crippen LogP contribution in [0.3, 0.4) is 0 Å². The topological polar surface area (TPSA) is 44.5 Å². The van der Waals surface area contributed by atoms with Gasteiger partial charge in [0.05, 0.1) is 12.7 Å². The zero-order valence-electron chi connectivity index (χ0n) is 11.3. The minimum atomic E-state index is -4.36. The van der Waals surface area contributed by atoms with Crippen molar-refractivity contribution in [3.63, 3.8) is 0 Å². The predicted octanol–water partition coefficient (Wildman–Crippen LogP) is 3.97. The Balaban J connectivity index is 2.25. The van der Waals surface area contributed by atoms with Gasteiger partial charge in [0.15, 0.2) is 0 Å². The van der Waals surface area contributed by atoms with Crippen molar-refractivity contribution in [3.8, 4) is 17.2 Å². The molecule has 0 radical (unpaired) electrons. The summed E-state index contributed by atoms with van der Waals surface area (Å²) in [5, 5.41) is 0. The average molecular weight is 297 g/mol. The van der Waals surface area contributed by atoms with E-state index < -0.39 is 11.7 Å². The predicted molar refractivity (Wildman–Crippen MR) is 72.4 cm³/mol. The maximum atomic E-state index is 12.5. The monoisotopic (exact) mass is 297 g/mol. The summed E-state index contributed by atoms with van der Waals surface area (Å²) in [7, 11) is 1.51. The second-order valence-electron chi connectivity index (χ2n) is 4.30. The van der Waals surface area contributed by atoms with Crippen LogP contribution in [0.15, 0.2) is 42.5 Å². The molecule has 0 spiro atoms. The Morgan fingerprint density at radius 1 is 1.00 bits per heavy atom. The summed E-state index contributed by atoms with van der Waals surface area (Å²) in [4.78, 5) is 0. The lowest BCUT2D eigenvalue weighted by atomic mass is 10.2. The Kier molecular flexibility index (Phi) is 4.37. The highest BCUT2D eigenvalue weighted by Gasteiger charge is 2.30. The zero-order chi connectivity index (χ0) is 15.5. The smallest absolute Gasteiger partial charge is 0.416 e. The van der Waals surface area contributed by atoms with Crippen LogP contribution in [-0.2, 0) is 12.7 Å². The maximum Gasteiger partial charge on any atom is 0.416 e. The van der Waals surface area contributed by atoms with Gasteiger partial charge in [-0.3, -0.25) is 0 Å². The van der Waals surface area contributed by atoms with E-state index in [9.17, 15) is 13.2 Å². The third-order valence-electron chi connectivity index (χ3n) is 2.90. The number of nitrogens with two attached hydrogens (primary N) is 1.